The Balaban J connectivity index is 2.96. The van der Waals surface area contributed by atoms with Crippen molar-refractivity contribution in [1.29, 1.82) is 0 Å². The first-order valence-electron chi connectivity index (χ1n) is 4.18. The van der Waals surface area contributed by atoms with Gasteiger partial charge in [0.25, 0.3) is 0 Å². The van der Waals surface area contributed by atoms with Gasteiger partial charge in [0.2, 0.25) is 5.56 Å². The van der Waals surface area contributed by atoms with Gasteiger partial charge in [-0.15, -0.1) is 0 Å². The molecule has 0 saturated heterocycles. The van der Waals surface area contributed by atoms with E-state index >= 15 is 0 Å². The van der Waals surface area contributed by atoms with E-state index in [0.717, 1.165) is 23.8 Å². The molecule has 2 nitrogen and oxygen atoms in total. The summed E-state index contributed by atoms with van der Waals surface area (Å²) >= 11 is 0. The number of hydrogen-bond acceptors (Lipinski definition) is 1. The van der Waals surface area contributed by atoms with Crippen LogP contribution in [-0.2, 0) is 0 Å². The van der Waals surface area contributed by atoms with Crippen molar-refractivity contribution in [2.24, 2.45) is 0 Å². The molecule has 2 rings (SSSR count). The van der Waals surface area contributed by atoms with Crippen molar-refractivity contribution in [2.45, 2.75) is 19.8 Å². The van der Waals surface area contributed by atoms with Gasteiger partial charge in [-0.05, 0) is 30.5 Å². The van der Waals surface area contributed by atoms with Crippen molar-refractivity contribution in [2.75, 3.05) is 0 Å². The molecule has 0 bridgehead atoms. The minimum absolute atomic E-state index is 0.00204. The maximum atomic E-state index is 11.1. The lowest BCUT2D eigenvalue weighted by molar-refractivity contribution is 1.04. The van der Waals surface area contributed by atoms with Crippen LogP contribution in [0.5, 0.6) is 0 Å². The second-order valence-electron chi connectivity index (χ2n) is 3.13. The van der Waals surface area contributed by atoms with Crippen molar-refractivity contribution in [1.82, 2.24) is 4.98 Å². The van der Waals surface area contributed by atoms with Crippen molar-refractivity contribution in [3.63, 3.8) is 0 Å². The third-order valence-electron chi connectivity index (χ3n) is 2.18. The van der Waals surface area contributed by atoms with E-state index in [2.05, 4.69) is 17.1 Å². The summed E-state index contributed by atoms with van der Waals surface area (Å²) in [6.07, 6.45) is 6.39. The van der Waals surface area contributed by atoms with Crippen LogP contribution >= 0.6 is 0 Å². The average Bonchev–Trinajstić information content (AvgIpc) is 2.04. The number of aromatic amines is 1. The summed E-state index contributed by atoms with van der Waals surface area (Å²) in [6.45, 7) is 1.98. The van der Waals surface area contributed by atoms with E-state index in [-0.39, 0.29) is 5.56 Å². The van der Waals surface area contributed by atoms with Crippen molar-refractivity contribution in [3.8, 4) is 0 Å². The van der Waals surface area contributed by atoms with Crippen LogP contribution in [0.25, 0.3) is 12.2 Å². The molecule has 0 aliphatic heterocycles. The molecule has 1 heterocycles. The quantitative estimate of drug-likeness (QED) is 0.572. The van der Waals surface area contributed by atoms with Crippen LogP contribution in [0.2, 0.25) is 0 Å². The smallest absolute Gasteiger partial charge is 0.248 e. The number of H-pyrrole nitrogens is 1. The van der Waals surface area contributed by atoms with Crippen LogP contribution in [0.15, 0.2) is 10.9 Å². The molecule has 1 N–H and O–H groups in total. The Morgan fingerprint density at radius 3 is 2.92 bits per heavy atom. The molecule has 2 heteroatoms. The van der Waals surface area contributed by atoms with Crippen molar-refractivity contribution in [3.05, 3.63) is 32.6 Å². The van der Waals surface area contributed by atoms with E-state index in [1.54, 1.807) is 6.07 Å². The largest absolute Gasteiger partial charge is 0.322 e. The standard InChI is InChI=1S/C10H11NO/c1-7-6-10(12)11-9-5-3-2-4-8(7)9/h4-6H,2-3H2,1H3,(H,11,12). The zero-order valence-electron chi connectivity index (χ0n) is 7.05. The number of hydrogen-bond donors (Lipinski definition) is 1. The van der Waals surface area contributed by atoms with Crippen LogP contribution in [0.4, 0.5) is 0 Å². The van der Waals surface area contributed by atoms with Crippen LogP contribution in [-0.4, -0.2) is 4.98 Å². The first-order valence-corrected chi connectivity index (χ1v) is 4.18. The zero-order valence-corrected chi connectivity index (χ0v) is 7.05. The summed E-state index contributed by atoms with van der Waals surface area (Å²) in [5.41, 5.74) is 1.07. The Labute approximate surface area is 70.3 Å². The molecule has 1 aliphatic rings. The monoisotopic (exact) mass is 161 g/mol. The molecule has 0 unspecified atom stereocenters. The maximum absolute atomic E-state index is 11.1. The lowest BCUT2D eigenvalue weighted by Gasteiger charge is -2.01. The molecule has 0 atom stereocenters. The molecular formula is C10H11NO. The third-order valence-corrected chi connectivity index (χ3v) is 2.18. The van der Waals surface area contributed by atoms with Gasteiger partial charge in [-0.25, -0.2) is 0 Å². The summed E-state index contributed by atoms with van der Waals surface area (Å²) in [7, 11) is 0. The van der Waals surface area contributed by atoms with Gasteiger partial charge in [-0.1, -0.05) is 12.2 Å². The first kappa shape index (κ1) is 7.35. The lowest BCUT2D eigenvalue weighted by atomic mass is 10.1. The molecule has 0 radical (unpaired) electrons. The highest BCUT2D eigenvalue weighted by Crippen LogP contribution is 1.94. The second-order valence-corrected chi connectivity index (χ2v) is 3.13. The van der Waals surface area contributed by atoms with E-state index in [4.69, 9.17) is 0 Å². The summed E-state index contributed by atoms with van der Waals surface area (Å²) in [6, 6.07) is 1.65. The maximum Gasteiger partial charge on any atom is 0.248 e. The topological polar surface area (TPSA) is 32.9 Å². The number of fused-ring (bicyclic) bond motifs is 1. The van der Waals surface area contributed by atoms with Gasteiger partial charge in [0.15, 0.2) is 0 Å². The van der Waals surface area contributed by atoms with E-state index in [9.17, 15) is 4.79 Å². The van der Waals surface area contributed by atoms with Gasteiger partial charge >= 0.3 is 0 Å². The Morgan fingerprint density at radius 2 is 2.08 bits per heavy atom. The molecule has 0 aromatic carbocycles. The fourth-order valence-corrected chi connectivity index (χ4v) is 1.61. The molecular weight excluding hydrogens is 150 g/mol. The number of aromatic nitrogens is 1. The third kappa shape index (κ3) is 1.09. The SMILES string of the molecule is Cc1cc(=O)[nH]c2c1=CCCC=2. The molecule has 1 aliphatic carbocycles. The molecule has 0 saturated carbocycles. The van der Waals surface area contributed by atoms with Gasteiger partial charge in [-0.3, -0.25) is 4.79 Å². The fourth-order valence-electron chi connectivity index (χ4n) is 1.61. The lowest BCUT2D eigenvalue weighted by Crippen LogP contribution is -2.37. The Kier molecular flexibility index (Phi) is 1.61. The highest BCUT2D eigenvalue weighted by Gasteiger charge is 1.97. The number of pyridine rings is 1. The van der Waals surface area contributed by atoms with Gasteiger partial charge < -0.3 is 4.98 Å². The molecule has 0 fully saturated rings. The van der Waals surface area contributed by atoms with Gasteiger partial charge in [0.05, 0.1) is 0 Å². The summed E-state index contributed by atoms with van der Waals surface area (Å²) < 4.78 is 0. The molecule has 0 spiro atoms. The Morgan fingerprint density at radius 1 is 1.33 bits per heavy atom. The minimum Gasteiger partial charge on any atom is -0.322 e. The molecule has 1 aromatic heterocycles. The van der Waals surface area contributed by atoms with Crippen LogP contribution < -0.4 is 16.1 Å². The molecule has 0 amide bonds. The van der Waals surface area contributed by atoms with Crippen LogP contribution in [0.3, 0.4) is 0 Å². The molecule has 12 heavy (non-hydrogen) atoms. The van der Waals surface area contributed by atoms with Gasteiger partial charge in [0.1, 0.15) is 0 Å². The van der Waals surface area contributed by atoms with E-state index < -0.39 is 0 Å². The number of aryl methyl sites for hydroxylation is 1. The first-order chi connectivity index (χ1) is 5.77. The van der Waals surface area contributed by atoms with Crippen molar-refractivity contribution < 1.29 is 0 Å². The van der Waals surface area contributed by atoms with E-state index in [1.165, 1.54) is 5.22 Å². The highest BCUT2D eigenvalue weighted by molar-refractivity contribution is 5.38. The second kappa shape index (κ2) is 2.63. The summed E-state index contributed by atoms with van der Waals surface area (Å²) in [5.74, 6) is 0. The number of rotatable bonds is 0. The highest BCUT2D eigenvalue weighted by atomic mass is 16.1. The number of nitrogens with one attached hydrogen (secondary N) is 1. The molecule has 1 aromatic rings. The predicted octanol–water partition coefficient (Wildman–Crippen LogP) is 0.0381. The predicted molar refractivity (Wildman–Crippen MR) is 49.2 cm³/mol. The normalized spacial score (nSPS) is 14.4. The Bertz CT molecular complexity index is 468. The zero-order chi connectivity index (χ0) is 8.55. The minimum atomic E-state index is -0.00204. The van der Waals surface area contributed by atoms with Crippen LogP contribution in [0.1, 0.15) is 18.4 Å². The van der Waals surface area contributed by atoms with E-state index in [0.29, 0.717) is 0 Å². The molecule has 62 valence electrons. The Hall–Kier alpha value is -1.31. The average molecular weight is 161 g/mol. The van der Waals surface area contributed by atoms with Gasteiger partial charge in [-0.2, -0.15) is 0 Å². The summed E-state index contributed by atoms with van der Waals surface area (Å²) in [5, 5.41) is 2.19. The van der Waals surface area contributed by atoms with Gasteiger partial charge in [0, 0.05) is 11.4 Å². The fraction of sp³-hybridized carbons (Fsp3) is 0.300. The summed E-state index contributed by atoms with van der Waals surface area (Å²) in [4.78, 5) is 13.9. The van der Waals surface area contributed by atoms with E-state index in [1.807, 2.05) is 6.92 Å². The van der Waals surface area contributed by atoms with Crippen molar-refractivity contribution >= 4 is 12.2 Å². The van der Waals surface area contributed by atoms with Crippen LogP contribution in [0, 0.1) is 6.92 Å².